The first-order valence-corrected chi connectivity index (χ1v) is 12.7. The molecule has 180 valence electrons. The number of nitrogens with zero attached hydrogens (tertiary/aromatic N) is 1. The van der Waals surface area contributed by atoms with E-state index in [4.69, 9.17) is 0 Å². The van der Waals surface area contributed by atoms with Gasteiger partial charge in [-0.05, 0) is 48.4 Å². The molecule has 0 saturated carbocycles. The number of nitrogens with one attached hydrogen (secondary N) is 2. The number of aryl methyl sites for hydroxylation is 1. The van der Waals surface area contributed by atoms with Crippen LogP contribution < -0.4 is 10.9 Å². The van der Waals surface area contributed by atoms with Gasteiger partial charge in [-0.2, -0.15) is 0 Å². The van der Waals surface area contributed by atoms with E-state index >= 15 is 0 Å². The van der Waals surface area contributed by atoms with Gasteiger partial charge in [-0.1, -0.05) is 115 Å². The van der Waals surface area contributed by atoms with Gasteiger partial charge in [0.15, 0.2) is 0 Å². The largest absolute Gasteiger partial charge is 0.320 e. The van der Waals surface area contributed by atoms with Gasteiger partial charge < -0.3 is 9.99 Å². The molecule has 0 bridgehead atoms. The minimum Gasteiger partial charge on any atom is -0.320 e. The number of hydrogen-bond acceptors (Lipinski definition) is 2. The Kier molecular flexibility index (Phi) is 6.28. The zero-order valence-electron chi connectivity index (χ0n) is 20.8. The number of benzene rings is 5. The molecule has 1 aliphatic heterocycles. The molecule has 2 N–H and O–H groups in total. The van der Waals surface area contributed by atoms with Crippen LogP contribution in [-0.4, -0.2) is 4.57 Å². The fourth-order valence-corrected chi connectivity index (χ4v) is 4.93. The Morgan fingerprint density at radius 1 is 0.568 bits per heavy atom. The summed E-state index contributed by atoms with van der Waals surface area (Å²) in [6.45, 7) is 2.12. The highest BCUT2D eigenvalue weighted by atomic mass is 15.4. The van der Waals surface area contributed by atoms with Gasteiger partial charge in [0.2, 0.25) is 0 Å². The molecule has 2 heterocycles. The lowest BCUT2D eigenvalue weighted by atomic mass is 10.1. The average molecular weight is 480 g/mol. The fourth-order valence-electron chi connectivity index (χ4n) is 4.93. The molecule has 7 rings (SSSR count). The van der Waals surface area contributed by atoms with E-state index in [9.17, 15) is 0 Å². The first kappa shape index (κ1) is 22.8. The van der Waals surface area contributed by atoms with Gasteiger partial charge in [0.1, 0.15) is 0 Å². The van der Waals surface area contributed by atoms with E-state index in [2.05, 4.69) is 138 Å². The maximum Gasteiger partial charge on any atom is 0.0714 e. The first-order chi connectivity index (χ1) is 18.3. The third kappa shape index (κ3) is 4.65. The summed E-state index contributed by atoms with van der Waals surface area (Å²) in [5.74, 6) is 0. The third-order valence-electron chi connectivity index (χ3n) is 6.81. The second-order valence-corrected chi connectivity index (χ2v) is 9.31. The predicted octanol–water partition coefficient (Wildman–Crippen LogP) is 7.97. The fraction of sp³-hybridized carbons (Fsp3) is 0.0588. The van der Waals surface area contributed by atoms with Crippen molar-refractivity contribution in [2.75, 3.05) is 0 Å². The number of para-hydroxylation sites is 2. The van der Waals surface area contributed by atoms with E-state index in [0.717, 1.165) is 5.70 Å². The zero-order chi connectivity index (χ0) is 25.0. The van der Waals surface area contributed by atoms with E-state index in [1.807, 2.05) is 24.3 Å². The van der Waals surface area contributed by atoms with Crippen LogP contribution >= 0.6 is 0 Å². The van der Waals surface area contributed by atoms with E-state index < -0.39 is 0 Å². The molecule has 0 spiro atoms. The van der Waals surface area contributed by atoms with Crippen LogP contribution in [0.25, 0.3) is 33.2 Å². The molecule has 37 heavy (non-hydrogen) atoms. The van der Waals surface area contributed by atoms with Crippen molar-refractivity contribution in [3.05, 3.63) is 156 Å². The van der Waals surface area contributed by atoms with E-state index in [0.29, 0.717) is 0 Å². The Morgan fingerprint density at radius 3 is 1.73 bits per heavy atom. The van der Waals surface area contributed by atoms with Gasteiger partial charge in [0.25, 0.3) is 0 Å². The van der Waals surface area contributed by atoms with Gasteiger partial charge in [0.05, 0.1) is 22.8 Å². The summed E-state index contributed by atoms with van der Waals surface area (Å²) in [6.07, 6.45) is 2.21. The lowest BCUT2D eigenvalue weighted by Gasteiger charge is -2.08. The topological polar surface area (TPSA) is 29.0 Å². The molecule has 0 amide bonds. The zero-order valence-corrected chi connectivity index (χ0v) is 20.8. The summed E-state index contributed by atoms with van der Waals surface area (Å²) in [5, 5.41) is 2.62. The van der Waals surface area contributed by atoms with Crippen LogP contribution in [0.3, 0.4) is 0 Å². The SMILES string of the molecule is C1=C(c2ccccc2)NNC1c1ccccc1.Cc1ccc(-n2c3ccccc3c3ccccc32)cc1. The number of fused-ring (bicyclic) bond motifs is 3. The van der Waals surface area contributed by atoms with Crippen LogP contribution in [0.5, 0.6) is 0 Å². The molecule has 0 saturated heterocycles. The van der Waals surface area contributed by atoms with Crippen LogP contribution in [0, 0.1) is 6.92 Å². The van der Waals surface area contributed by atoms with Gasteiger partial charge in [-0.25, -0.2) is 5.43 Å². The van der Waals surface area contributed by atoms with E-state index in [1.165, 1.54) is 44.2 Å². The summed E-state index contributed by atoms with van der Waals surface area (Å²) < 4.78 is 2.34. The highest BCUT2D eigenvalue weighted by Gasteiger charge is 2.16. The second kappa shape index (κ2) is 10.2. The Morgan fingerprint density at radius 2 is 1.11 bits per heavy atom. The van der Waals surface area contributed by atoms with Gasteiger partial charge in [0, 0.05) is 16.5 Å². The second-order valence-electron chi connectivity index (χ2n) is 9.31. The Labute approximate surface area is 217 Å². The van der Waals surface area contributed by atoms with Gasteiger partial charge >= 0.3 is 0 Å². The van der Waals surface area contributed by atoms with Crippen molar-refractivity contribution in [3.63, 3.8) is 0 Å². The molecule has 0 radical (unpaired) electrons. The number of aromatic nitrogens is 1. The average Bonchev–Trinajstić information content (AvgIpc) is 3.59. The lowest BCUT2D eigenvalue weighted by Crippen LogP contribution is -2.26. The third-order valence-corrected chi connectivity index (χ3v) is 6.81. The minimum absolute atomic E-state index is 0.242. The molecule has 6 aromatic rings. The van der Waals surface area contributed by atoms with Crippen molar-refractivity contribution in [3.8, 4) is 5.69 Å². The minimum atomic E-state index is 0.242. The van der Waals surface area contributed by atoms with E-state index in [1.54, 1.807) is 0 Å². The number of hydrogen-bond donors (Lipinski definition) is 2. The molecule has 1 unspecified atom stereocenters. The molecular formula is C34H29N3. The molecular weight excluding hydrogens is 450 g/mol. The van der Waals surface area contributed by atoms with Crippen molar-refractivity contribution in [1.82, 2.24) is 15.4 Å². The molecule has 3 heteroatoms. The van der Waals surface area contributed by atoms with Crippen molar-refractivity contribution in [1.29, 1.82) is 0 Å². The number of rotatable bonds is 3. The summed E-state index contributed by atoms with van der Waals surface area (Å²) >= 11 is 0. The van der Waals surface area contributed by atoms with Gasteiger partial charge in [-0.15, -0.1) is 0 Å². The Bertz CT molecular complexity index is 1610. The first-order valence-electron chi connectivity index (χ1n) is 12.7. The highest BCUT2D eigenvalue weighted by Crippen LogP contribution is 2.31. The van der Waals surface area contributed by atoms with Crippen LogP contribution in [0.15, 0.2) is 140 Å². The van der Waals surface area contributed by atoms with Crippen LogP contribution in [-0.2, 0) is 0 Å². The highest BCUT2D eigenvalue weighted by molar-refractivity contribution is 6.09. The summed E-state index contributed by atoms with van der Waals surface area (Å²) in [4.78, 5) is 0. The molecule has 0 fully saturated rings. The maximum absolute atomic E-state index is 3.28. The normalized spacial score (nSPS) is 14.6. The van der Waals surface area contributed by atoms with Crippen LogP contribution in [0.1, 0.15) is 22.7 Å². The van der Waals surface area contributed by atoms with Crippen molar-refractivity contribution < 1.29 is 0 Å². The predicted molar refractivity (Wildman–Crippen MR) is 155 cm³/mol. The summed E-state index contributed by atoms with van der Waals surface area (Å²) in [7, 11) is 0. The van der Waals surface area contributed by atoms with Crippen molar-refractivity contribution in [2.45, 2.75) is 13.0 Å². The molecule has 5 aromatic carbocycles. The van der Waals surface area contributed by atoms with Crippen LogP contribution in [0.4, 0.5) is 0 Å². The number of hydrazine groups is 1. The van der Waals surface area contributed by atoms with Gasteiger partial charge in [-0.3, -0.25) is 0 Å². The monoisotopic (exact) mass is 479 g/mol. The quantitative estimate of drug-likeness (QED) is 0.269. The Hall–Kier alpha value is -4.60. The summed E-state index contributed by atoms with van der Waals surface area (Å²) in [6, 6.07) is 46.9. The molecule has 1 aliphatic rings. The summed E-state index contributed by atoms with van der Waals surface area (Å²) in [5.41, 5.74) is 15.2. The van der Waals surface area contributed by atoms with Crippen LogP contribution in [0.2, 0.25) is 0 Å². The molecule has 1 atom stereocenters. The van der Waals surface area contributed by atoms with Crippen molar-refractivity contribution in [2.24, 2.45) is 0 Å². The molecule has 3 nitrogen and oxygen atoms in total. The lowest BCUT2D eigenvalue weighted by molar-refractivity contribution is 0.616. The molecule has 1 aromatic heterocycles. The Balaban J connectivity index is 0.000000138. The van der Waals surface area contributed by atoms with E-state index in [-0.39, 0.29) is 6.04 Å². The van der Waals surface area contributed by atoms with Crippen molar-refractivity contribution >= 4 is 27.5 Å². The molecule has 0 aliphatic carbocycles. The smallest absolute Gasteiger partial charge is 0.0714 e. The standard InChI is InChI=1S/C19H15N.C15H14N2/c1-14-10-12-15(13-11-14)20-18-8-4-2-6-16(18)17-7-3-5-9-19(17)20;1-3-7-12(8-4-1)14-11-15(17-16-14)13-9-5-2-6-10-13/h2-13H,1H3;1-11,14,16-17H. The maximum atomic E-state index is 3.28.